The minimum atomic E-state index is -0.294. The van der Waals surface area contributed by atoms with Crippen LogP contribution in [0.2, 0.25) is 0 Å². The highest BCUT2D eigenvalue weighted by molar-refractivity contribution is 7.15. The number of nitrogens with one attached hydrogen (secondary N) is 1. The number of likely N-dealkylation sites (tertiary alicyclic amines) is 2. The van der Waals surface area contributed by atoms with Crippen molar-refractivity contribution in [1.82, 2.24) is 20.0 Å². The Bertz CT molecular complexity index is 1070. The summed E-state index contributed by atoms with van der Waals surface area (Å²) in [6.45, 7) is 7.48. The normalized spacial score (nSPS) is 19.2. The first-order valence-electron chi connectivity index (χ1n) is 12.0. The Balaban J connectivity index is 1.25. The molecule has 3 amide bonds. The fourth-order valence-corrected chi connectivity index (χ4v) is 5.42. The molecule has 1 aromatic heterocycles. The molecule has 0 bridgehead atoms. The van der Waals surface area contributed by atoms with Crippen molar-refractivity contribution < 1.29 is 19.1 Å². The average Bonchev–Trinajstić information content (AvgIpc) is 3.45. The standard InChI is InChI=1S/C25H33N5O4S/c1-25(2,3)30-15-18(14-21(30)31)23(33)29-11-9-17(10-12-29)22(32)26-24-28-27-20(35-24)13-16-5-7-19(34-4)8-6-16/h5-8,17-18H,9-15H2,1-4H3,(H,26,28,32). The van der Waals surface area contributed by atoms with E-state index >= 15 is 0 Å². The fraction of sp³-hybridized carbons (Fsp3) is 0.560. The summed E-state index contributed by atoms with van der Waals surface area (Å²) in [5, 5.41) is 12.5. The van der Waals surface area contributed by atoms with Gasteiger partial charge in [0.1, 0.15) is 10.8 Å². The van der Waals surface area contributed by atoms with Gasteiger partial charge in [0.05, 0.1) is 13.0 Å². The van der Waals surface area contributed by atoms with Gasteiger partial charge in [-0.25, -0.2) is 0 Å². The summed E-state index contributed by atoms with van der Waals surface area (Å²) in [5.41, 5.74) is 0.808. The quantitative estimate of drug-likeness (QED) is 0.655. The maximum absolute atomic E-state index is 13.0. The van der Waals surface area contributed by atoms with E-state index < -0.39 is 0 Å². The number of carbonyl (C=O) groups is 3. The molecule has 0 saturated carbocycles. The zero-order valence-corrected chi connectivity index (χ0v) is 21.6. The number of benzene rings is 1. The predicted octanol–water partition coefficient (Wildman–Crippen LogP) is 2.96. The van der Waals surface area contributed by atoms with Gasteiger partial charge < -0.3 is 19.9 Å². The van der Waals surface area contributed by atoms with Crippen molar-refractivity contribution in [2.24, 2.45) is 11.8 Å². The van der Waals surface area contributed by atoms with Crippen molar-refractivity contribution in [3.8, 4) is 5.75 Å². The molecule has 3 heterocycles. The number of rotatable bonds is 6. The van der Waals surface area contributed by atoms with E-state index in [1.807, 2.05) is 49.9 Å². The number of nitrogens with zero attached hydrogens (tertiary/aromatic N) is 4. The third kappa shape index (κ3) is 5.98. The molecule has 0 radical (unpaired) electrons. The Kier molecular flexibility index (Phi) is 7.39. The number of hydrogen-bond acceptors (Lipinski definition) is 7. The summed E-state index contributed by atoms with van der Waals surface area (Å²) in [7, 11) is 1.63. The molecule has 2 saturated heterocycles. The Morgan fingerprint density at radius 1 is 1.11 bits per heavy atom. The van der Waals surface area contributed by atoms with Gasteiger partial charge in [-0.2, -0.15) is 0 Å². The van der Waals surface area contributed by atoms with Gasteiger partial charge >= 0.3 is 0 Å². The van der Waals surface area contributed by atoms with Crippen LogP contribution in [0, 0.1) is 11.8 Å². The Labute approximate surface area is 209 Å². The summed E-state index contributed by atoms with van der Waals surface area (Å²) >= 11 is 1.37. The minimum absolute atomic E-state index is 0.0243. The van der Waals surface area contributed by atoms with E-state index in [4.69, 9.17) is 4.74 Å². The van der Waals surface area contributed by atoms with Crippen molar-refractivity contribution in [3.63, 3.8) is 0 Å². The van der Waals surface area contributed by atoms with Gasteiger partial charge in [-0.15, -0.1) is 10.2 Å². The molecular weight excluding hydrogens is 466 g/mol. The van der Waals surface area contributed by atoms with Gasteiger partial charge in [-0.3, -0.25) is 14.4 Å². The van der Waals surface area contributed by atoms with Gasteiger partial charge in [0.15, 0.2) is 0 Å². The minimum Gasteiger partial charge on any atom is -0.497 e. The third-order valence-electron chi connectivity index (χ3n) is 6.67. The Morgan fingerprint density at radius 3 is 2.40 bits per heavy atom. The van der Waals surface area contributed by atoms with Crippen molar-refractivity contribution in [2.45, 2.75) is 52.0 Å². The highest BCUT2D eigenvalue weighted by atomic mass is 32.1. The van der Waals surface area contributed by atoms with Crippen LogP contribution in [0.5, 0.6) is 5.75 Å². The number of anilines is 1. The lowest BCUT2D eigenvalue weighted by atomic mass is 9.94. The number of hydrogen-bond donors (Lipinski definition) is 1. The summed E-state index contributed by atoms with van der Waals surface area (Å²) in [4.78, 5) is 41.7. The number of aromatic nitrogens is 2. The molecule has 0 spiro atoms. The maximum atomic E-state index is 13.0. The number of piperidine rings is 1. The molecule has 2 aliphatic rings. The van der Waals surface area contributed by atoms with E-state index in [0.717, 1.165) is 16.3 Å². The first-order chi connectivity index (χ1) is 16.6. The number of methoxy groups -OCH3 is 1. The van der Waals surface area contributed by atoms with Crippen molar-refractivity contribution in [3.05, 3.63) is 34.8 Å². The number of ether oxygens (including phenoxy) is 1. The van der Waals surface area contributed by atoms with Crippen LogP contribution in [0.25, 0.3) is 0 Å². The number of amides is 3. The zero-order chi connectivity index (χ0) is 25.2. The van der Waals surface area contributed by atoms with Crippen LogP contribution in [0.15, 0.2) is 24.3 Å². The van der Waals surface area contributed by atoms with Crippen LogP contribution in [0.4, 0.5) is 5.13 Å². The van der Waals surface area contributed by atoms with E-state index in [0.29, 0.717) is 44.0 Å². The first-order valence-corrected chi connectivity index (χ1v) is 12.8. The molecule has 1 atom stereocenters. The second kappa shape index (κ2) is 10.3. The van der Waals surface area contributed by atoms with Gasteiger partial charge in [0, 0.05) is 43.9 Å². The molecular formula is C25H33N5O4S. The molecule has 188 valence electrons. The van der Waals surface area contributed by atoms with Crippen LogP contribution >= 0.6 is 11.3 Å². The smallest absolute Gasteiger partial charge is 0.229 e. The largest absolute Gasteiger partial charge is 0.497 e. The monoisotopic (exact) mass is 499 g/mol. The Morgan fingerprint density at radius 2 is 1.80 bits per heavy atom. The van der Waals surface area contributed by atoms with E-state index in [1.165, 1.54) is 11.3 Å². The van der Waals surface area contributed by atoms with Crippen molar-refractivity contribution >= 4 is 34.2 Å². The van der Waals surface area contributed by atoms with Crippen LogP contribution in [0.1, 0.15) is 50.6 Å². The summed E-state index contributed by atoms with van der Waals surface area (Å²) in [5.74, 6) is 0.307. The SMILES string of the molecule is COc1ccc(Cc2nnc(NC(=O)C3CCN(C(=O)C4CC(=O)N(C(C)(C)C)C4)CC3)s2)cc1. The van der Waals surface area contributed by atoms with E-state index in [2.05, 4.69) is 15.5 Å². The van der Waals surface area contributed by atoms with Crippen LogP contribution in [-0.4, -0.2) is 70.0 Å². The zero-order valence-electron chi connectivity index (χ0n) is 20.7. The highest BCUT2D eigenvalue weighted by Gasteiger charge is 2.41. The Hall–Kier alpha value is -3.01. The molecule has 9 nitrogen and oxygen atoms in total. The molecule has 2 fully saturated rings. The summed E-state index contributed by atoms with van der Waals surface area (Å²) in [6, 6.07) is 7.77. The molecule has 2 aromatic rings. The second-order valence-corrected chi connectivity index (χ2v) is 11.3. The van der Waals surface area contributed by atoms with Crippen molar-refractivity contribution in [2.75, 3.05) is 32.1 Å². The van der Waals surface area contributed by atoms with Crippen LogP contribution in [0.3, 0.4) is 0 Å². The highest BCUT2D eigenvalue weighted by Crippen LogP contribution is 2.29. The molecule has 35 heavy (non-hydrogen) atoms. The molecule has 4 rings (SSSR count). The molecule has 0 aliphatic carbocycles. The van der Waals surface area contributed by atoms with Gasteiger partial charge in [-0.05, 0) is 51.3 Å². The van der Waals surface area contributed by atoms with E-state index in [9.17, 15) is 14.4 Å². The molecule has 2 aliphatic heterocycles. The lowest BCUT2D eigenvalue weighted by Crippen LogP contribution is -2.46. The van der Waals surface area contributed by atoms with E-state index in [-0.39, 0.29) is 41.5 Å². The summed E-state index contributed by atoms with van der Waals surface area (Å²) in [6.07, 6.45) is 2.10. The predicted molar refractivity (Wildman–Crippen MR) is 133 cm³/mol. The van der Waals surface area contributed by atoms with Crippen LogP contribution in [-0.2, 0) is 20.8 Å². The number of carbonyl (C=O) groups excluding carboxylic acids is 3. The molecule has 1 N–H and O–H groups in total. The van der Waals surface area contributed by atoms with Gasteiger partial charge in [-0.1, -0.05) is 23.5 Å². The van der Waals surface area contributed by atoms with E-state index in [1.54, 1.807) is 12.0 Å². The second-order valence-electron chi connectivity index (χ2n) is 10.2. The van der Waals surface area contributed by atoms with Crippen molar-refractivity contribution in [1.29, 1.82) is 0 Å². The average molecular weight is 500 g/mol. The maximum Gasteiger partial charge on any atom is 0.229 e. The topological polar surface area (TPSA) is 105 Å². The molecule has 10 heteroatoms. The summed E-state index contributed by atoms with van der Waals surface area (Å²) < 4.78 is 5.18. The first kappa shape index (κ1) is 25.1. The lowest BCUT2D eigenvalue weighted by Gasteiger charge is -2.34. The fourth-order valence-electron chi connectivity index (χ4n) is 4.64. The third-order valence-corrected chi connectivity index (χ3v) is 7.51. The molecule has 1 unspecified atom stereocenters. The van der Waals surface area contributed by atoms with Gasteiger partial charge in [0.25, 0.3) is 0 Å². The van der Waals surface area contributed by atoms with Crippen LogP contribution < -0.4 is 10.1 Å². The van der Waals surface area contributed by atoms with Gasteiger partial charge in [0.2, 0.25) is 22.9 Å². The molecule has 1 aromatic carbocycles. The lowest BCUT2D eigenvalue weighted by molar-refractivity contribution is -0.138.